The first-order chi connectivity index (χ1) is 10.4. The molecule has 10 heteroatoms. The molecule has 0 unspecified atom stereocenters. The first kappa shape index (κ1) is 17.9. The summed E-state index contributed by atoms with van der Waals surface area (Å²) in [5.74, 6) is -2.11. The van der Waals surface area contributed by atoms with Crippen LogP contribution in [0.5, 0.6) is 0 Å². The molecule has 2 saturated heterocycles. The van der Waals surface area contributed by atoms with Gasteiger partial charge >= 0.3 is 0 Å². The smallest absolute Gasteiger partial charge is 0.222 e. The summed E-state index contributed by atoms with van der Waals surface area (Å²) in [5, 5.41) is 67.4. The van der Waals surface area contributed by atoms with Crippen molar-refractivity contribution >= 4 is 0 Å². The summed E-state index contributed by atoms with van der Waals surface area (Å²) in [5.41, 5.74) is 0. The fourth-order valence-corrected chi connectivity index (χ4v) is 2.66. The third-order valence-corrected chi connectivity index (χ3v) is 4.00. The molecule has 2 heterocycles. The molecular formula is C12H22O10. The van der Waals surface area contributed by atoms with Gasteiger partial charge in [-0.1, -0.05) is 0 Å². The Kier molecular flexibility index (Phi) is 5.72. The molecule has 2 rings (SSSR count). The molecule has 0 spiro atoms. The van der Waals surface area contributed by atoms with Gasteiger partial charge in [-0.25, -0.2) is 0 Å². The molecule has 8 atom stereocenters. The second-order valence-electron chi connectivity index (χ2n) is 5.44. The van der Waals surface area contributed by atoms with Crippen molar-refractivity contribution in [3.8, 4) is 0 Å². The minimum atomic E-state index is -2.11. The Morgan fingerprint density at radius 3 is 2.09 bits per heavy atom. The van der Waals surface area contributed by atoms with E-state index in [1.54, 1.807) is 0 Å². The van der Waals surface area contributed by atoms with Crippen LogP contribution in [-0.4, -0.2) is 111 Å². The first-order valence-corrected chi connectivity index (χ1v) is 6.92. The third-order valence-electron chi connectivity index (χ3n) is 4.00. The number of aliphatic hydroxyl groups is 7. The molecule has 2 aliphatic rings. The molecule has 2 fully saturated rings. The van der Waals surface area contributed by atoms with E-state index in [0.717, 1.165) is 0 Å². The second kappa shape index (κ2) is 7.01. The SMILES string of the molecule is OC[C@@H]1O[C@@](CO)(O[C@H]2[C@H](O)[C@@H](CO)OC[C@@H]2O)[C@H](O)[C@H]1O. The van der Waals surface area contributed by atoms with Gasteiger partial charge in [0.05, 0.1) is 19.8 Å². The fraction of sp³-hybridized carbons (Fsp3) is 1.00. The average Bonchev–Trinajstić information content (AvgIpc) is 2.76. The van der Waals surface area contributed by atoms with Crippen LogP contribution in [0.4, 0.5) is 0 Å². The van der Waals surface area contributed by atoms with Gasteiger partial charge in [0, 0.05) is 0 Å². The summed E-state index contributed by atoms with van der Waals surface area (Å²) < 4.78 is 15.6. The molecule has 0 amide bonds. The lowest BCUT2D eigenvalue weighted by Gasteiger charge is -2.42. The lowest BCUT2D eigenvalue weighted by Crippen LogP contribution is -2.61. The molecule has 10 nitrogen and oxygen atoms in total. The lowest BCUT2D eigenvalue weighted by molar-refractivity contribution is -0.333. The quantitative estimate of drug-likeness (QED) is 0.260. The van der Waals surface area contributed by atoms with E-state index < -0.39 is 68.3 Å². The Morgan fingerprint density at radius 1 is 0.955 bits per heavy atom. The highest BCUT2D eigenvalue weighted by Gasteiger charge is 2.57. The van der Waals surface area contributed by atoms with Crippen LogP contribution in [0.1, 0.15) is 0 Å². The van der Waals surface area contributed by atoms with Crippen LogP contribution >= 0.6 is 0 Å². The molecule has 7 N–H and O–H groups in total. The van der Waals surface area contributed by atoms with Crippen LogP contribution in [-0.2, 0) is 14.2 Å². The van der Waals surface area contributed by atoms with Gasteiger partial charge in [0.2, 0.25) is 5.79 Å². The van der Waals surface area contributed by atoms with E-state index >= 15 is 0 Å². The molecule has 0 aliphatic carbocycles. The van der Waals surface area contributed by atoms with Crippen molar-refractivity contribution in [1.29, 1.82) is 0 Å². The number of ether oxygens (including phenoxy) is 3. The zero-order valence-electron chi connectivity index (χ0n) is 11.7. The number of rotatable bonds is 5. The molecule has 0 bridgehead atoms. The maximum atomic E-state index is 10.0. The highest BCUT2D eigenvalue weighted by molar-refractivity contribution is 4.99. The van der Waals surface area contributed by atoms with Gasteiger partial charge in [-0.15, -0.1) is 0 Å². The van der Waals surface area contributed by atoms with Crippen molar-refractivity contribution in [2.45, 2.75) is 48.5 Å². The van der Waals surface area contributed by atoms with Crippen molar-refractivity contribution in [3.63, 3.8) is 0 Å². The summed E-state index contributed by atoms with van der Waals surface area (Å²) in [6.45, 7) is -2.27. The largest absolute Gasteiger partial charge is 0.394 e. The number of aliphatic hydroxyl groups excluding tert-OH is 7. The molecule has 22 heavy (non-hydrogen) atoms. The zero-order valence-corrected chi connectivity index (χ0v) is 11.7. The van der Waals surface area contributed by atoms with Crippen molar-refractivity contribution in [1.82, 2.24) is 0 Å². The molecule has 0 radical (unpaired) electrons. The van der Waals surface area contributed by atoms with Gasteiger partial charge in [0.25, 0.3) is 0 Å². The molecule has 0 aromatic heterocycles. The van der Waals surface area contributed by atoms with Crippen LogP contribution < -0.4 is 0 Å². The normalized spacial score (nSPS) is 49.5. The molecule has 0 aromatic carbocycles. The Bertz CT molecular complexity index is 368. The van der Waals surface area contributed by atoms with Gasteiger partial charge in [0.15, 0.2) is 0 Å². The van der Waals surface area contributed by atoms with Crippen molar-refractivity contribution in [2.24, 2.45) is 0 Å². The minimum Gasteiger partial charge on any atom is -0.394 e. The maximum absolute atomic E-state index is 10.0. The predicted molar refractivity (Wildman–Crippen MR) is 67.5 cm³/mol. The van der Waals surface area contributed by atoms with E-state index in [1.165, 1.54) is 0 Å². The van der Waals surface area contributed by atoms with E-state index in [0.29, 0.717) is 0 Å². The highest BCUT2D eigenvalue weighted by atomic mass is 16.7. The van der Waals surface area contributed by atoms with Crippen LogP contribution in [0.25, 0.3) is 0 Å². The Morgan fingerprint density at radius 2 is 1.59 bits per heavy atom. The second-order valence-corrected chi connectivity index (χ2v) is 5.44. The van der Waals surface area contributed by atoms with Crippen LogP contribution in [0.2, 0.25) is 0 Å². The van der Waals surface area contributed by atoms with Crippen LogP contribution in [0.3, 0.4) is 0 Å². The van der Waals surface area contributed by atoms with Gasteiger partial charge in [-0.05, 0) is 0 Å². The van der Waals surface area contributed by atoms with Crippen molar-refractivity contribution in [2.75, 3.05) is 26.4 Å². The summed E-state index contributed by atoms with van der Waals surface area (Å²) in [4.78, 5) is 0. The topological polar surface area (TPSA) is 169 Å². The Labute approximate surface area is 126 Å². The third kappa shape index (κ3) is 2.99. The molecule has 130 valence electrons. The number of hydrogen-bond acceptors (Lipinski definition) is 10. The molecule has 0 aromatic rings. The summed E-state index contributed by atoms with van der Waals surface area (Å²) >= 11 is 0. The van der Waals surface area contributed by atoms with Crippen molar-refractivity contribution in [3.05, 3.63) is 0 Å². The van der Waals surface area contributed by atoms with Crippen molar-refractivity contribution < 1.29 is 50.0 Å². The van der Waals surface area contributed by atoms with Gasteiger partial charge < -0.3 is 50.0 Å². The van der Waals surface area contributed by atoms with Crippen LogP contribution in [0.15, 0.2) is 0 Å². The summed E-state index contributed by atoms with van der Waals surface area (Å²) in [6.07, 6.45) is -9.51. The monoisotopic (exact) mass is 326 g/mol. The summed E-state index contributed by atoms with van der Waals surface area (Å²) in [6, 6.07) is 0. The Hall–Kier alpha value is -0.400. The van der Waals surface area contributed by atoms with Gasteiger partial charge in [0.1, 0.15) is 49.3 Å². The van der Waals surface area contributed by atoms with Gasteiger partial charge in [-0.3, -0.25) is 0 Å². The molecular weight excluding hydrogens is 304 g/mol. The predicted octanol–water partition coefficient (Wildman–Crippen LogP) is -4.71. The minimum absolute atomic E-state index is 0.240. The number of hydrogen-bond donors (Lipinski definition) is 7. The first-order valence-electron chi connectivity index (χ1n) is 6.92. The fourth-order valence-electron chi connectivity index (χ4n) is 2.66. The zero-order chi connectivity index (χ0) is 16.5. The molecule has 2 aliphatic heterocycles. The maximum Gasteiger partial charge on any atom is 0.222 e. The lowest BCUT2D eigenvalue weighted by atomic mass is 9.98. The van der Waals surface area contributed by atoms with E-state index in [9.17, 15) is 25.5 Å². The van der Waals surface area contributed by atoms with E-state index in [-0.39, 0.29) is 6.61 Å². The average molecular weight is 326 g/mol. The van der Waals surface area contributed by atoms with E-state index in [1.807, 2.05) is 0 Å². The molecule has 0 saturated carbocycles. The Balaban J connectivity index is 2.18. The van der Waals surface area contributed by atoms with Crippen LogP contribution in [0, 0.1) is 0 Å². The highest BCUT2D eigenvalue weighted by Crippen LogP contribution is 2.35. The van der Waals surface area contributed by atoms with Gasteiger partial charge in [-0.2, -0.15) is 0 Å². The standard InChI is InChI=1S/C12H22O10/c13-1-6-8(17)10(5(16)3-20-6)22-12(4-15)11(19)9(18)7(2-14)21-12/h5-11,13-19H,1-4H2/t5-,6+,7-,8+,9-,10+,11+,12-/m0/s1. The van der Waals surface area contributed by atoms with E-state index in [2.05, 4.69) is 0 Å². The summed E-state index contributed by atoms with van der Waals surface area (Å²) in [7, 11) is 0. The van der Waals surface area contributed by atoms with E-state index in [4.69, 9.17) is 24.4 Å².